The van der Waals surface area contributed by atoms with E-state index in [4.69, 9.17) is 4.98 Å². The fourth-order valence-corrected chi connectivity index (χ4v) is 6.84. The molecule has 7 nitrogen and oxygen atoms in total. The van der Waals surface area contributed by atoms with Crippen LogP contribution in [0.3, 0.4) is 0 Å². The van der Waals surface area contributed by atoms with Gasteiger partial charge in [0.1, 0.15) is 6.54 Å². The lowest BCUT2D eigenvalue weighted by atomic mass is 10.1. The fourth-order valence-electron chi connectivity index (χ4n) is 4.51. The molecule has 0 bridgehead atoms. The largest absolute Gasteiger partial charge is 0.632 e. The van der Waals surface area contributed by atoms with Crippen LogP contribution in [0.5, 0.6) is 0 Å². The van der Waals surface area contributed by atoms with Gasteiger partial charge in [0.25, 0.3) is 0 Å². The summed E-state index contributed by atoms with van der Waals surface area (Å²) in [6, 6.07) is 8.45. The van der Waals surface area contributed by atoms with E-state index >= 15 is 0 Å². The van der Waals surface area contributed by atoms with E-state index in [9.17, 15) is 10.0 Å². The van der Waals surface area contributed by atoms with Crippen LogP contribution in [0.2, 0.25) is 0 Å². The van der Waals surface area contributed by atoms with Crippen LogP contribution in [0.15, 0.2) is 35.4 Å². The van der Waals surface area contributed by atoms with Gasteiger partial charge in [-0.3, -0.25) is 4.79 Å². The number of hydroxylamine groups is 3. The minimum absolute atomic E-state index is 0.0476. The average molecular weight is 482 g/mol. The standard InChI is InChI=1S/C24H27N5O2S2/c1-15-8-16(2)10-18(9-15)26-24-25-12-21-23(27-24)20-11-19(33-22(20)14-32-21)13-29(31)6-4-28(5-7-29)17(3)30/h8-12H,4-7,13-14H2,1-3H3,(H,25,26,27). The van der Waals surface area contributed by atoms with Crippen molar-refractivity contribution >= 4 is 40.6 Å². The number of anilines is 2. The Morgan fingerprint density at radius 2 is 1.91 bits per heavy atom. The quantitative estimate of drug-likeness (QED) is 0.424. The summed E-state index contributed by atoms with van der Waals surface area (Å²) in [5.74, 6) is 1.50. The normalized spacial score (nSPS) is 16.8. The fraction of sp³-hybridized carbons (Fsp3) is 0.375. The van der Waals surface area contributed by atoms with Crippen molar-refractivity contribution in [3.05, 3.63) is 56.6 Å². The molecule has 2 aliphatic heterocycles. The summed E-state index contributed by atoms with van der Waals surface area (Å²) < 4.78 is -0.271. The third-order valence-corrected chi connectivity index (χ3v) is 8.50. The number of thiophene rings is 1. The highest BCUT2D eigenvalue weighted by Crippen LogP contribution is 2.45. The molecule has 172 valence electrons. The molecule has 9 heteroatoms. The Labute approximate surface area is 202 Å². The van der Waals surface area contributed by atoms with Crippen molar-refractivity contribution < 1.29 is 9.44 Å². The van der Waals surface area contributed by atoms with Gasteiger partial charge in [-0.25, -0.2) is 9.97 Å². The van der Waals surface area contributed by atoms with Gasteiger partial charge in [0.2, 0.25) is 11.9 Å². The average Bonchev–Trinajstić information content (AvgIpc) is 3.15. The zero-order valence-corrected chi connectivity index (χ0v) is 20.7. The lowest BCUT2D eigenvalue weighted by Crippen LogP contribution is -2.56. The third kappa shape index (κ3) is 4.77. The molecule has 3 aromatic rings. The number of hydrogen-bond acceptors (Lipinski definition) is 7. The van der Waals surface area contributed by atoms with E-state index in [1.54, 1.807) is 34.9 Å². The minimum atomic E-state index is -0.271. The molecule has 1 amide bonds. The first-order chi connectivity index (χ1) is 15.8. The Balaban J connectivity index is 1.37. The van der Waals surface area contributed by atoms with Gasteiger partial charge in [-0.05, 0) is 43.2 Å². The molecule has 0 saturated carbocycles. The molecule has 1 fully saturated rings. The number of quaternary nitrogens is 1. The Morgan fingerprint density at radius 3 is 2.61 bits per heavy atom. The van der Waals surface area contributed by atoms with Gasteiger partial charge in [-0.1, -0.05) is 6.07 Å². The number of rotatable bonds is 4. The van der Waals surface area contributed by atoms with E-state index < -0.39 is 0 Å². The molecule has 5 rings (SSSR count). The number of amides is 1. The lowest BCUT2D eigenvalue weighted by Gasteiger charge is -2.47. The first kappa shape index (κ1) is 22.3. The molecular weight excluding hydrogens is 454 g/mol. The minimum Gasteiger partial charge on any atom is -0.632 e. The van der Waals surface area contributed by atoms with Crippen LogP contribution in [0.25, 0.3) is 11.3 Å². The Hall–Kier alpha value is -2.46. The second-order valence-corrected chi connectivity index (χ2v) is 11.2. The van der Waals surface area contributed by atoms with Crippen LogP contribution >= 0.6 is 23.1 Å². The van der Waals surface area contributed by atoms with Gasteiger partial charge in [0.15, 0.2) is 0 Å². The summed E-state index contributed by atoms with van der Waals surface area (Å²) in [6.07, 6.45) is 1.89. The van der Waals surface area contributed by atoms with Gasteiger partial charge < -0.3 is 20.1 Å². The van der Waals surface area contributed by atoms with E-state index in [2.05, 4.69) is 48.4 Å². The van der Waals surface area contributed by atoms with Crippen molar-refractivity contribution in [1.82, 2.24) is 14.9 Å². The summed E-state index contributed by atoms with van der Waals surface area (Å²) >= 11 is 3.46. The van der Waals surface area contributed by atoms with E-state index in [1.165, 1.54) is 16.0 Å². The highest BCUT2D eigenvalue weighted by molar-refractivity contribution is 7.98. The second kappa shape index (κ2) is 8.72. The molecule has 1 N–H and O–H groups in total. The topological polar surface area (TPSA) is 81.2 Å². The molecule has 2 aromatic heterocycles. The lowest BCUT2D eigenvalue weighted by molar-refractivity contribution is -0.897. The first-order valence-corrected chi connectivity index (χ1v) is 12.9. The summed E-state index contributed by atoms with van der Waals surface area (Å²) in [5.41, 5.74) is 5.40. The summed E-state index contributed by atoms with van der Waals surface area (Å²) in [4.78, 5) is 26.1. The molecule has 0 radical (unpaired) electrons. The predicted octanol–water partition coefficient (Wildman–Crippen LogP) is 4.85. The van der Waals surface area contributed by atoms with E-state index in [-0.39, 0.29) is 10.6 Å². The van der Waals surface area contributed by atoms with Gasteiger partial charge in [-0.15, -0.1) is 23.1 Å². The SMILES string of the molecule is CC(=O)N1CC[N+]([O-])(Cc2cc3c(s2)CSc2cnc(Nc4cc(C)cc(C)c4)nc2-3)CC1. The molecule has 33 heavy (non-hydrogen) atoms. The van der Waals surface area contributed by atoms with Gasteiger partial charge in [0.05, 0.1) is 41.6 Å². The second-order valence-electron chi connectivity index (χ2n) is 8.92. The van der Waals surface area contributed by atoms with Crippen molar-refractivity contribution in [2.24, 2.45) is 0 Å². The number of hydrogen-bond donors (Lipinski definition) is 1. The molecule has 1 saturated heterocycles. The van der Waals surface area contributed by atoms with Crippen molar-refractivity contribution in [2.45, 2.75) is 38.0 Å². The molecule has 0 atom stereocenters. The van der Waals surface area contributed by atoms with Gasteiger partial charge in [-0.2, -0.15) is 0 Å². The van der Waals surface area contributed by atoms with Crippen LogP contribution in [-0.4, -0.2) is 51.6 Å². The number of aryl methyl sites for hydroxylation is 2. The molecule has 0 spiro atoms. The molecule has 0 aliphatic carbocycles. The van der Waals surface area contributed by atoms with E-state index in [0.29, 0.717) is 38.7 Å². The van der Waals surface area contributed by atoms with Crippen LogP contribution in [0.4, 0.5) is 11.6 Å². The van der Waals surface area contributed by atoms with Crippen molar-refractivity contribution in [2.75, 3.05) is 31.5 Å². The van der Waals surface area contributed by atoms with Gasteiger partial charge >= 0.3 is 0 Å². The number of nitrogens with zero attached hydrogens (tertiary/aromatic N) is 4. The van der Waals surface area contributed by atoms with Crippen molar-refractivity contribution in [1.29, 1.82) is 0 Å². The number of benzene rings is 1. The maximum absolute atomic E-state index is 13.3. The highest BCUT2D eigenvalue weighted by Gasteiger charge is 2.29. The number of piperazine rings is 1. The molecule has 1 aromatic carbocycles. The third-order valence-electron chi connectivity index (χ3n) is 6.15. The van der Waals surface area contributed by atoms with Crippen LogP contribution in [0.1, 0.15) is 27.8 Å². The predicted molar refractivity (Wildman–Crippen MR) is 133 cm³/mol. The van der Waals surface area contributed by atoms with Crippen LogP contribution in [0, 0.1) is 19.1 Å². The molecule has 0 unspecified atom stereocenters. The Morgan fingerprint density at radius 1 is 1.18 bits per heavy atom. The Bertz CT molecular complexity index is 1200. The van der Waals surface area contributed by atoms with Crippen LogP contribution < -0.4 is 5.32 Å². The van der Waals surface area contributed by atoms with Gasteiger partial charge in [0, 0.05) is 35.0 Å². The molecule has 2 aliphatic rings. The molecule has 4 heterocycles. The molecular formula is C24H27N5O2S2. The summed E-state index contributed by atoms with van der Waals surface area (Å²) in [7, 11) is 0. The van der Waals surface area contributed by atoms with E-state index in [0.717, 1.165) is 32.5 Å². The zero-order chi connectivity index (χ0) is 23.2. The maximum Gasteiger partial charge on any atom is 0.227 e. The van der Waals surface area contributed by atoms with E-state index in [1.807, 2.05) is 6.20 Å². The smallest absolute Gasteiger partial charge is 0.227 e. The monoisotopic (exact) mass is 481 g/mol. The van der Waals surface area contributed by atoms with Crippen molar-refractivity contribution in [3.63, 3.8) is 0 Å². The number of aromatic nitrogens is 2. The summed E-state index contributed by atoms with van der Waals surface area (Å²) in [5, 5.41) is 16.6. The number of carbonyl (C=O) groups excluding carboxylic acids is 1. The number of carbonyl (C=O) groups is 1. The number of fused-ring (bicyclic) bond motifs is 3. The number of thioether (sulfide) groups is 1. The summed E-state index contributed by atoms with van der Waals surface area (Å²) in [6.45, 7) is 8.12. The maximum atomic E-state index is 13.3. The van der Waals surface area contributed by atoms with Crippen molar-refractivity contribution in [3.8, 4) is 11.3 Å². The highest BCUT2D eigenvalue weighted by atomic mass is 32.2. The zero-order valence-electron chi connectivity index (χ0n) is 19.1. The first-order valence-electron chi connectivity index (χ1n) is 11.1. The number of nitrogens with one attached hydrogen (secondary N) is 1. The Kier molecular flexibility index (Phi) is 5.90. The van der Waals surface area contributed by atoms with Crippen LogP contribution in [-0.2, 0) is 17.1 Å².